The van der Waals surface area contributed by atoms with Gasteiger partial charge in [0.15, 0.2) is 5.76 Å². The number of amides is 1. The molecule has 1 saturated heterocycles. The Labute approximate surface area is 133 Å². The molecule has 2 atom stereocenters. The van der Waals surface area contributed by atoms with Gasteiger partial charge < -0.3 is 19.2 Å². The van der Waals surface area contributed by atoms with E-state index in [0.29, 0.717) is 17.7 Å². The fourth-order valence-corrected chi connectivity index (χ4v) is 3.16. The number of carbonyl (C=O) groups excluding carboxylic acids is 1. The second-order valence-electron chi connectivity index (χ2n) is 5.97. The van der Waals surface area contributed by atoms with E-state index in [0.717, 1.165) is 5.39 Å². The van der Waals surface area contributed by atoms with E-state index in [1.165, 1.54) is 0 Å². The maximum atomic E-state index is 12.8. The molecule has 1 fully saturated rings. The van der Waals surface area contributed by atoms with Crippen LogP contribution >= 0.6 is 0 Å². The van der Waals surface area contributed by atoms with Crippen LogP contribution in [-0.4, -0.2) is 42.1 Å². The Morgan fingerprint density at radius 3 is 2.74 bits per heavy atom. The summed E-state index contributed by atoms with van der Waals surface area (Å²) in [5.41, 5.74) is 1.34. The van der Waals surface area contributed by atoms with Gasteiger partial charge in [-0.25, -0.2) is 0 Å². The van der Waals surface area contributed by atoms with Gasteiger partial charge in [-0.3, -0.25) is 9.59 Å². The quantitative estimate of drug-likeness (QED) is 0.936. The van der Waals surface area contributed by atoms with Gasteiger partial charge in [-0.2, -0.15) is 0 Å². The number of nitrogens with zero attached hydrogens (tertiary/aromatic N) is 1. The molecule has 0 spiro atoms. The predicted molar refractivity (Wildman–Crippen MR) is 83.1 cm³/mol. The number of benzene rings is 1. The van der Waals surface area contributed by atoms with Crippen LogP contribution in [-0.2, 0) is 16.1 Å². The fraction of sp³-hybridized carbons (Fsp3) is 0.412. The highest BCUT2D eigenvalue weighted by Gasteiger charge is 2.38. The number of hydrogen-bond acceptors (Lipinski definition) is 4. The van der Waals surface area contributed by atoms with E-state index in [2.05, 4.69) is 0 Å². The van der Waals surface area contributed by atoms with E-state index in [1.807, 2.05) is 25.1 Å². The van der Waals surface area contributed by atoms with Gasteiger partial charge >= 0.3 is 5.97 Å². The zero-order valence-electron chi connectivity index (χ0n) is 13.1. The average molecular weight is 317 g/mol. The maximum Gasteiger partial charge on any atom is 0.308 e. The van der Waals surface area contributed by atoms with Crippen LogP contribution in [0.25, 0.3) is 11.0 Å². The molecule has 3 rings (SSSR count). The maximum absolute atomic E-state index is 12.8. The monoisotopic (exact) mass is 317 g/mol. The van der Waals surface area contributed by atoms with Crippen molar-refractivity contribution in [1.82, 2.24) is 4.90 Å². The molecule has 0 aliphatic carbocycles. The predicted octanol–water partition coefficient (Wildman–Crippen LogP) is 2.37. The van der Waals surface area contributed by atoms with Gasteiger partial charge in [-0.05, 0) is 12.0 Å². The van der Waals surface area contributed by atoms with E-state index in [1.54, 1.807) is 18.1 Å². The number of carboxylic acid groups (broad SMARTS) is 1. The molecule has 122 valence electrons. The van der Waals surface area contributed by atoms with Gasteiger partial charge in [0.25, 0.3) is 5.91 Å². The van der Waals surface area contributed by atoms with Crippen molar-refractivity contribution < 1.29 is 23.8 Å². The smallest absolute Gasteiger partial charge is 0.308 e. The molecule has 6 nitrogen and oxygen atoms in total. The third-order valence-electron chi connectivity index (χ3n) is 4.40. The molecule has 2 aromatic rings. The van der Waals surface area contributed by atoms with Crippen LogP contribution in [0, 0.1) is 11.8 Å². The van der Waals surface area contributed by atoms with Gasteiger partial charge in [-0.1, -0.05) is 25.1 Å². The number of methoxy groups -OCH3 is 1. The Morgan fingerprint density at radius 2 is 2.09 bits per heavy atom. The van der Waals surface area contributed by atoms with Gasteiger partial charge in [-0.15, -0.1) is 0 Å². The van der Waals surface area contributed by atoms with Gasteiger partial charge in [0.1, 0.15) is 5.58 Å². The summed E-state index contributed by atoms with van der Waals surface area (Å²) in [7, 11) is 1.56. The lowest BCUT2D eigenvalue weighted by Gasteiger charge is -2.15. The average Bonchev–Trinajstić information content (AvgIpc) is 3.09. The minimum absolute atomic E-state index is 0.0771. The molecule has 0 bridgehead atoms. The van der Waals surface area contributed by atoms with E-state index in [4.69, 9.17) is 9.15 Å². The first-order valence-electron chi connectivity index (χ1n) is 7.54. The summed E-state index contributed by atoms with van der Waals surface area (Å²) < 4.78 is 10.9. The molecule has 0 saturated carbocycles. The highest BCUT2D eigenvalue weighted by atomic mass is 16.5. The lowest BCUT2D eigenvalue weighted by Crippen LogP contribution is -2.30. The second-order valence-corrected chi connectivity index (χ2v) is 5.97. The third kappa shape index (κ3) is 2.70. The second kappa shape index (κ2) is 6.04. The molecule has 1 aliphatic rings. The molecule has 6 heteroatoms. The summed E-state index contributed by atoms with van der Waals surface area (Å²) in [6.45, 7) is 2.74. The van der Waals surface area contributed by atoms with Crippen LogP contribution in [0.5, 0.6) is 0 Å². The molecule has 1 amide bonds. The van der Waals surface area contributed by atoms with Crippen LogP contribution < -0.4 is 0 Å². The van der Waals surface area contributed by atoms with Gasteiger partial charge in [0, 0.05) is 31.1 Å². The number of hydrogen-bond donors (Lipinski definition) is 1. The van der Waals surface area contributed by atoms with Crippen molar-refractivity contribution in [3.05, 3.63) is 35.6 Å². The Hall–Kier alpha value is -2.34. The molecule has 1 aliphatic heterocycles. The van der Waals surface area contributed by atoms with E-state index < -0.39 is 11.9 Å². The third-order valence-corrected chi connectivity index (χ3v) is 4.40. The zero-order valence-corrected chi connectivity index (χ0v) is 13.1. The molecular formula is C17H19NO5. The number of carboxylic acids is 1. The fourth-order valence-electron chi connectivity index (χ4n) is 3.16. The Kier molecular flexibility index (Phi) is 4.09. The van der Waals surface area contributed by atoms with Crippen molar-refractivity contribution in [2.24, 2.45) is 11.8 Å². The molecule has 1 N–H and O–H groups in total. The summed E-state index contributed by atoms with van der Waals surface area (Å²) >= 11 is 0. The molecule has 0 radical (unpaired) electrons. The number of ether oxygens (including phenoxy) is 1. The lowest BCUT2D eigenvalue weighted by molar-refractivity contribution is -0.142. The van der Waals surface area contributed by atoms with Crippen LogP contribution in [0.2, 0.25) is 0 Å². The van der Waals surface area contributed by atoms with E-state index >= 15 is 0 Å². The number of carbonyl (C=O) groups is 2. The van der Waals surface area contributed by atoms with Crippen molar-refractivity contribution in [2.45, 2.75) is 13.5 Å². The largest absolute Gasteiger partial charge is 0.481 e. The molecule has 0 unspecified atom stereocenters. The number of para-hydroxylation sites is 1. The molecule has 1 aromatic carbocycles. The Bertz CT molecular complexity index is 751. The van der Waals surface area contributed by atoms with Crippen LogP contribution in [0.4, 0.5) is 0 Å². The lowest BCUT2D eigenvalue weighted by atomic mass is 9.99. The van der Waals surface area contributed by atoms with Crippen molar-refractivity contribution in [3.8, 4) is 0 Å². The summed E-state index contributed by atoms with van der Waals surface area (Å²) in [4.78, 5) is 25.6. The Morgan fingerprint density at radius 1 is 1.35 bits per heavy atom. The summed E-state index contributed by atoms with van der Waals surface area (Å²) in [5, 5.41) is 10.1. The van der Waals surface area contributed by atoms with Crippen LogP contribution in [0.15, 0.2) is 28.7 Å². The molecule has 2 heterocycles. The summed E-state index contributed by atoms with van der Waals surface area (Å²) in [6.07, 6.45) is 0. The number of fused-ring (bicyclic) bond motifs is 1. The Balaban J connectivity index is 1.95. The number of furan rings is 1. The molecule has 23 heavy (non-hydrogen) atoms. The number of likely N-dealkylation sites (tertiary alicyclic amines) is 1. The first-order valence-corrected chi connectivity index (χ1v) is 7.54. The minimum atomic E-state index is -0.866. The zero-order chi connectivity index (χ0) is 16.6. The normalized spacial score (nSPS) is 21.0. The van der Waals surface area contributed by atoms with E-state index in [9.17, 15) is 14.7 Å². The SMILES string of the molecule is COCc1c(C(=O)N2C[C@@H](C)[C@H](C(=O)O)C2)oc2ccccc12. The van der Waals surface area contributed by atoms with Crippen molar-refractivity contribution in [3.63, 3.8) is 0 Å². The minimum Gasteiger partial charge on any atom is -0.481 e. The van der Waals surface area contributed by atoms with Crippen molar-refractivity contribution >= 4 is 22.8 Å². The molecule has 1 aromatic heterocycles. The summed E-state index contributed by atoms with van der Waals surface area (Å²) in [5.74, 6) is -1.51. The topological polar surface area (TPSA) is 80.0 Å². The number of rotatable bonds is 4. The first kappa shape index (κ1) is 15.6. The highest BCUT2D eigenvalue weighted by molar-refractivity contribution is 5.99. The standard InChI is InChI=1S/C17H19NO5/c1-10-7-18(8-12(10)17(20)21)16(19)15-13(9-22-2)11-5-3-4-6-14(11)23-15/h3-6,10,12H,7-9H2,1-2H3,(H,20,21)/t10-,12-/m1/s1. The van der Waals surface area contributed by atoms with Crippen LogP contribution in [0.1, 0.15) is 23.0 Å². The van der Waals surface area contributed by atoms with Crippen molar-refractivity contribution in [1.29, 1.82) is 0 Å². The number of aliphatic carboxylic acids is 1. The van der Waals surface area contributed by atoms with Gasteiger partial charge in [0.2, 0.25) is 0 Å². The summed E-state index contributed by atoms with van der Waals surface area (Å²) in [6, 6.07) is 7.41. The highest BCUT2D eigenvalue weighted by Crippen LogP contribution is 2.30. The van der Waals surface area contributed by atoms with Crippen molar-refractivity contribution in [2.75, 3.05) is 20.2 Å². The van der Waals surface area contributed by atoms with Gasteiger partial charge in [0.05, 0.1) is 12.5 Å². The van der Waals surface area contributed by atoms with Crippen LogP contribution in [0.3, 0.4) is 0 Å². The molecular weight excluding hydrogens is 298 g/mol. The first-order chi connectivity index (χ1) is 11.0. The van der Waals surface area contributed by atoms with E-state index in [-0.39, 0.29) is 30.7 Å².